The van der Waals surface area contributed by atoms with Crippen molar-refractivity contribution in [2.24, 2.45) is 4.99 Å². The van der Waals surface area contributed by atoms with Gasteiger partial charge in [0.25, 0.3) is 10.1 Å². The summed E-state index contributed by atoms with van der Waals surface area (Å²) in [7, 11) is -4.14. The van der Waals surface area contributed by atoms with Gasteiger partial charge in [0.2, 0.25) is 0 Å². The molecule has 0 spiro atoms. The van der Waals surface area contributed by atoms with E-state index in [-0.39, 0.29) is 4.90 Å². The molecule has 1 N–H and O–H groups in total. The summed E-state index contributed by atoms with van der Waals surface area (Å²) in [6.45, 7) is 0. The Bertz CT molecular complexity index is 748. The number of hydrogen-bond donors (Lipinski definition) is 1. The minimum atomic E-state index is -4.14. The summed E-state index contributed by atoms with van der Waals surface area (Å²) in [6.07, 6.45) is 2.60. The summed E-state index contributed by atoms with van der Waals surface area (Å²) in [4.78, 5) is 4.15. The topological polar surface area (TPSA) is 66.7 Å². The van der Waals surface area contributed by atoms with Gasteiger partial charge in [-0.05, 0) is 34.5 Å². The predicted molar refractivity (Wildman–Crippen MR) is 65.6 cm³/mol. The van der Waals surface area contributed by atoms with E-state index in [1.807, 2.05) is 18.3 Å². The molecule has 1 aliphatic heterocycles. The van der Waals surface area contributed by atoms with Crippen molar-refractivity contribution in [3.63, 3.8) is 0 Å². The lowest BCUT2D eigenvalue weighted by atomic mass is 10.0. The van der Waals surface area contributed by atoms with Crippen LogP contribution in [0, 0.1) is 0 Å². The first-order chi connectivity index (χ1) is 8.05. The Hall–Kier alpha value is -1.72. The van der Waals surface area contributed by atoms with Crippen LogP contribution in [0.4, 0.5) is 5.69 Å². The molecule has 0 aromatic heterocycles. The Labute approximate surface area is 98.4 Å². The van der Waals surface area contributed by atoms with Gasteiger partial charge in [0, 0.05) is 12.6 Å². The molecule has 0 unspecified atom stereocenters. The third kappa shape index (κ3) is 1.64. The zero-order chi connectivity index (χ0) is 12.0. The second-order valence-corrected chi connectivity index (χ2v) is 5.36. The summed E-state index contributed by atoms with van der Waals surface area (Å²) in [5, 5.41) is 1.77. The van der Waals surface area contributed by atoms with E-state index in [9.17, 15) is 8.42 Å². The fourth-order valence-corrected chi connectivity index (χ4v) is 2.61. The van der Waals surface area contributed by atoms with Crippen LogP contribution < -0.4 is 0 Å². The summed E-state index contributed by atoms with van der Waals surface area (Å²) in [5.41, 5.74) is 2.03. The van der Waals surface area contributed by atoms with Crippen LogP contribution in [0.1, 0.15) is 5.56 Å². The molecule has 2 aromatic rings. The van der Waals surface area contributed by atoms with Crippen molar-refractivity contribution in [1.29, 1.82) is 0 Å². The van der Waals surface area contributed by atoms with E-state index in [2.05, 4.69) is 4.99 Å². The number of hydrogen-bond acceptors (Lipinski definition) is 3. The molecular formula is C12H9NO3S. The lowest BCUT2D eigenvalue weighted by Gasteiger charge is -2.05. The molecule has 86 valence electrons. The largest absolute Gasteiger partial charge is 0.294 e. The van der Waals surface area contributed by atoms with Crippen molar-refractivity contribution in [3.8, 4) is 0 Å². The van der Waals surface area contributed by atoms with E-state index in [4.69, 9.17) is 4.55 Å². The van der Waals surface area contributed by atoms with Crippen molar-refractivity contribution < 1.29 is 13.0 Å². The van der Waals surface area contributed by atoms with Crippen molar-refractivity contribution >= 4 is 32.8 Å². The number of nitrogens with zero attached hydrogens (tertiary/aromatic N) is 1. The molecule has 17 heavy (non-hydrogen) atoms. The van der Waals surface area contributed by atoms with E-state index in [1.54, 1.807) is 6.07 Å². The van der Waals surface area contributed by atoms with Crippen LogP contribution in [0.25, 0.3) is 10.8 Å². The maximum atomic E-state index is 11.0. The average molecular weight is 247 g/mol. The molecule has 3 rings (SSSR count). The normalized spacial score (nSPS) is 14.2. The lowest BCUT2D eigenvalue weighted by Crippen LogP contribution is -1.97. The Kier molecular flexibility index (Phi) is 2.08. The van der Waals surface area contributed by atoms with Crippen LogP contribution in [0.3, 0.4) is 0 Å². The standard InChI is InChI=1S/C12H9NO3S/c14-17(15,16)9-2-3-10-8(7-9)1-4-12-11(10)5-6-13-12/h1-4,6-7H,5H2,(H,14,15,16). The molecule has 5 heteroatoms. The average Bonchev–Trinajstić information content (AvgIpc) is 2.75. The molecule has 0 aliphatic carbocycles. The Morgan fingerprint density at radius 1 is 1.18 bits per heavy atom. The van der Waals surface area contributed by atoms with Gasteiger partial charge < -0.3 is 0 Å². The van der Waals surface area contributed by atoms with Gasteiger partial charge in [0.15, 0.2) is 0 Å². The first-order valence-corrected chi connectivity index (χ1v) is 6.55. The van der Waals surface area contributed by atoms with Crippen LogP contribution in [0.15, 0.2) is 40.2 Å². The van der Waals surface area contributed by atoms with Crippen molar-refractivity contribution in [3.05, 3.63) is 35.9 Å². The summed E-state index contributed by atoms with van der Waals surface area (Å²) >= 11 is 0. The fraction of sp³-hybridized carbons (Fsp3) is 0.0833. The molecule has 0 fully saturated rings. The lowest BCUT2D eigenvalue weighted by molar-refractivity contribution is 0.483. The zero-order valence-corrected chi connectivity index (χ0v) is 9.61. The molecule has 1 heterocycles. The fourth-order valence-electron chi connectivity index (χ4n) is 2.09. The molecule has 1 aliphatic rings. The van der Waals surface area contributed by atoms with E-state index in [1.165, 1.54) is 12.1 Å². The summed E-state index contributed by atoms with van der Waals surface area (Å²) < 4.78 is 31.1. The van der Waals surface area contributed by atoms with Crippen LogP contribution in [-0.2, 0) is 16.5 Å². The molecule has 0 saturated carbocycles. The van der Waals surface area contributed by atoms with Gasteiger partial charge in [0.1, 0.15) is 0 Å². The number of aliphatic imine (C=N–C) groups is 1. The minimum Gasteiger partial charge on any atom is -0.282 e. The first-order valence-electron chi connectivity index (χ1n) is 5.11. The van der Waals surface area contributed by atoms with Crippen molar-refractivity contribution in [2.75, 3.05) is 0 Å². The van der Waals surface area contributed by atoms with E-state index in [0.29, 0.717) is 0 Å². The summed E-state index contributed by atoms with van der Waals surface area (Å²) in [6, 6.07) is 8.27. The highest BCUT2D eigenvalue weighted by atomic mass is 32.2. The van der Waals surface area contributed by atoms with Crippen LogP contribution in [-0.4, -0.2) is 19.2 Å². The SMILES string of the molecule is O=S(=O)(O)c1ccc2c3c(ccc2c1)N=CC3. The van der Waals surface area contributed by atoms with E-state index < -0.39 is 10.1 Å². The monoisotopic (exact) mass is 247 g/mol. The van der Waals surface area contributed by atoms with E-state index >= 15 is 0 Å². The number of rotatable bonds is 1. The molecule has 0 saturated heterocycles. The zero-order valence-electron chi connectivity index (χ0n) is 8.79. The minimum absolute atomic E-state index is 0.0798. The van der Waals surface area contributed by atoms with Gasteiger partial charge in [-0.2, -0.15) is 8.42 Å². The third-order valence-electron chi connectivity index (χ3n) is 2.90. The molecule has 0 bridgehead atoms. The Morgan fingerprint density at radius 2 is 2.00 bits per heavy atom. The quantitative estimate of drug-likeness (QED) is 0.786. The maximum absolute atomic E-state index is 11.0. The highest BCUT2D eigenvalue weighted by molar-refractivity contribution is 7.85. The Morgan fingerprint density at radius 3 is 2.76 bits per heavy atom. The highest BCUT2D eigenvalue weighted by Crippen LogP contribution is 2.32. The third-order valence-corrected chi connectivity index (χ3v) is 3.75. The molecule has 0 atom stereocenters. The number of fused-ring (bicyclic) bond motifs is 3. The van der Waals surface area contributed by atoms with Crippen molar-refractivity contribution in [1.82, 2.24) is 0 Å². The number of benzene rings is 2. The summed E-state index contributed by atoms with van der Waals surface area (Å²) in [5.74, 6) is 0. The first kappa shape index (κ1) is 10.4. The van der Waals surface area contributed by atoms with Crippen LogP contribution in [0.2, 0.25) is 0 Å². The van der Waals surface area contributed by atoms with Gasteiger partial charge in [-0.1, -0.05) is 12.1 Å². The van der Waals surface area contributed by atoms with Gasteiger partial charge in [-0.15, -0.1) is 0 Å². The molecule has 0 radical (unpaired) electrons. The Balaban J connectivity index is 2.31. The van der Waals surface area contributed by atoms with Gasteiger partial charge in [-0.3, -0.25) is 9.55 Å². The smallest absolute Gasteiger partial charge is 0.282 e. The van der Waals surface area contributed by atoms with Crippen LogP contribution in [0.5, 0.6) is 0 Å². The van der Waals surface area contributed by atoms with Gasteiger partial charge in [-0.25, -0.2) is 0 Å². The molecule has 4 nitrogen and oxygen atoms in total. The molecule has 0 amide bonds. The second-order valence-electron chi connectivity index (χ2n) is 3.94. The van der Waals surface area contributed by atoms with Crippen molar-refractivity contribution in [2.45, 2.75) is 11.3 Å². The van der Waals surface area contributed by atoms with Gasteiger partial charge >= 0.3 is 0 Å². The molecular weight excluding hydrogens is 238 g/mol. The predicted octanol–water partition coefficient (Wildman–Crippen LogP) is 2.34. The molecule has 2 aromatic carbocycles. The highest BCUT2D eigenvalue weighted by Gasteiger charge is 2.14. The van der Waals surface area contributed by atoms with E-state index in [0.717, 1.165) is 28.4 Å². The maximum Gasteiger partial charge on any atom is 0.294 e. The second kappa shape index (κ2) is 3.38. The van der Waals surface area contributed by atoms with Crippen LogP contribution >= 0.6 is 0 Å². The van der Waals surface area contributed by atoms with Gasteiger partial charge in [0.05, 0.1) is 10.6 Å².